The first-order chi connectivity index (χ1) is 16.5. The number of carbonyl (C=O) groups excluding carboxylic acids is 3. The Kier molecular flexibility index (Phi) is 7.08. The largest absolute Gasteiger partial charge is 0.493 e. The lowest BCUT2D eigenvalue weighted by Gasteiger charge is -2.30. The number of benzene rings is 2. The van der Waals surface area contributed by atoms with E-state index < -0.39 is 42.0 Å². The van der Waals surface area contributed by atoms with Crippen LogP contribution in [-0.4, -0.2) is 62.5 Å². The molecule has 4 amide bonds. The van der Waals surface area contributed by atoms with Crippen molar-refractivity contribution in [3.63, 3.8) is 0 Å². The fraction of sp³-hybridized carbons (Fsp3) is 0.318. The molecule has 35 heavy (non-hydrogen) atoms. The Balaban J connectivity index is 1.90. The van der Waals surface area contributed by atoms with Gasteiger partial charge in [-0.05, 0) is 36.2 Å². The highest BCUT2D eigenvalue weighted by molar-refractivity contribution is 6.10. The lowest BCUT2D eigenvalue weighted by atomic mass is 10.1. The van der Waals surface area contributed by atoms with Gasteiger partial charge in [0.1, 0.15) is 5.82 Å². The van der Waals surface area contributed by atoms with Crippen molar-refractivity contribution >= 4 is 17.8 Å². The Morgan fingerprint density at radius 3 is 2.09 bits per heavy atom. The van der Waals surface area contributed by atoms with Crippen LogP contribution in [0.3, 0.4) is 0 Å². The van der Waals surface area contributed by atoms with Crippen LogP contribution in [0.5, 0.6) is 17.2 Å². The topological polar surface area (TPSA) is 106 Å². The van der Waals surface area contributed by atoms with Gasteiger partial charge < -0.3 is 19.5 Å². The van der Waals surface area contributed by atoms with E-state index in [-0.39, 0.29) is 29.2 Å². The maximum atomic E-state index is 14.1. The van der Waals surface area contributed by atoms with Crippen molar-refractivity contribution in [1.82, 2.24) is 15.5 Å². The normalized spacial score (nSPS) is 17.7. The van der Waals surface area contributed by atoms with Crippen molar-refractivity contribution in [3.8, 4) is 17.2 Å². The van der Waals surface area contributed by atoms with Crippen molar-refractivity contribution < 1.29 is 46.2 Å². The van der Waals surface area contributed by atoms with Crippen molar-refractivity contribution in [3.05, 3.63) is 53.3 Å². The molecule has 0 aliphatic carbocycles. The van der Waals surface area contributed by atoms with E-state index in [1.54, 1.807) is 10.6 Å². The first kappa shape index (κ1) is 25.6. The number of nitrogens with one attached hydrogen (secondary N) is 2. The number of urea groups is 1. The molecule has 1 fully saturated rings. The zero-order valence-corrected chi connectivity index (χ0v) is 18.8. The SMILES string of the molecule is COc1cc(C(=O)N[C@]2(C(F)(F)F)NC(=O)N(CCc3ccc(F)cc3)C2=O)cc(OC)c1OC. The number of methoxy groups -OCH3 is 3. The van der Waals surface area contributed by atoms with Gasteiger partial charge >= 0.3 is 12.2 Å². The van der Waals surface area contributed by atoms with E-state index in [1.165, 1.54) is 33.5 Å². The van der Waals surface area contributed by atoms with Gasteiger partial charge in [0.25, 0.3) is 17.5 Å². The standard InChI is InChI=1S/C22H21F4N3O6/c1-33-15-10-13(11-16(34-2)17(15)35-3)18(30)27-21(22(24,25)26)19(31)29(20(32)28-21)9-8-12-4-6-14(23)7-5-12/h4-7,10-11H,8-9H2,1-3H3,(H,27,30)(H,28,32)/t21-/m0/s1. The Morgan fingerprint density at radius 2 is 1.60 bits per heavy atom. The summed E-state index contributed by atoms with van der Waals surface area (Å²) in [7, 11) is 3.79. The molecule has 3 rings (SSSR count). The maximum absolute atomic E-state index is 14.1. The zero-order valence-electron chi connectivity index (χ0n) is 18.8. The number of nitrogens with zero attached hydrogens (tertiary/aromatic N) is 1. The van der Waals surface area contributed by atoms with Gasteiger partial charge in [-0.2, -0.15) is 13.2 Å². The second-order valence-corrected chi connectivity index (χ2v) is 7.38. The Hall–Kier alpha value is -4.03. The van der Waals surface area contributed by atoms with Crippen molar-refractivity contribution in [1.29, 1.82) is 0 Å². The highest BCUT2D eigenvalue weighted by atomic mass is 19.4. The van der Waals surface area contributed by atoms with Gasteiger partial charge in [-0.25, -0.2) is 9.18 Å². The fourth-order valence-corrected chi connectivity index (χ4v) is 3.47. The van der Waals surface area contributed by atoms with E-state index in [0.717, 1.165) is 24.3 Å². The van der Waals surface area contributed by atoms with Crippen LogP contribution in [-0.2, 0) is 11.2 Å². The molecule has 2 aromatic rings. The minimum Gasteiger partial charge on any atom is -0.493 e. The molecule has 188 valence electrons. The van der Waals surface area contributed by atoms with Crippen molar-refractivity contribution in [2.75, 3.05) is 27.9 Å². The van der Waals surface area contributed by atoms with Gasteiger partial charge in [0.15, 0.2) is 11.5 Å². The second kappa shape index (κ2) is 9.68. The fourth-order valence-electron chi connectivity index (χ4n) is 3.47. The number of hydrogen-bond donors (Lipinski definition) is 2. The van der Waals surface area contributed by atoms with Crippen LogP contribution in [0.1, 0.15) is 15.9 Å². The molecular formula is C22H21F4N3O6. The molecule has 1 aliphatic rings. The van der Waals surface area contributed by atoms with Crippen LogP contribution >= 0.6 is 0 Å². The Morgan fingerprint density at radius 1 is 1.03 bits per heavy atom. The summed E-state index contributed by atoms with van der Waals surface area (Å²) in [4.78, 5) is 38.4. The molecule has 1 saturated heterocycles. The Bertz CT molecular complexity index is 1110. The monoisotopic (exact) mass is 499 g/mol. The van der Waals surface area contributed by atoms with Crippen LogP contribution in [0.15, 0.2) is 36.4 Å². The van der Waals surface area contributed by atoms with E-state index in [9.17, 15) is 31.9 Å². The van der Waals surface area contributed by atoms with Crippen LogP contribution in [0.4, 0.5) is 22.4 Å². The number of imide groups is 1. The first-order valence-electron chi connectivity index (χ1n) is 10.0. The highest BCUT2D eigenvalue weighted by Crippen LogP contribution is 2.39. The van der Waals surface area contributed by atoms with E-state index >= 15 is 0 Å². The minimum atomic E-state index is -5.39. The van der Waals surface area contributed by atoms with Crippen LogP contribution in [0.25, 0.3) is 0 Å². The number of halogens is 4. The molecule has 0 spiro atoms. The summed E-state index contributed by atoms with van der Waals surface area (Å²) in [5, 5.41) is 3.18. The third kappa shape index (κ3) is 4.79. The molecule has 1 heterocycles. The number of amides is 4. The van der Waals surface area contributed by atoms with Gasteiger partial charge in [0.05, 0.1) is 21.3 Å². The maximum Gasteiger partial charge on any atom is 0.440 e. The molecule has 0 aromatic heterocycles. The third-order valence-electron chi connectivity index (χ3n) is 5.30. The van der Waals surface area contributed by atoms with Gasteiger partial charge in [0.2, 0.25) is 5.75 Å². The smallest absolute Gasteiger partial charge is 0.440 e. The predicted octanol–water partition coefficient (Wildman–Crippen LogP) is 2.63. The summed E-state index contributed by atoms with van der Waals surface area (Å²) >= 11 is 0. The first-order valence-corrected chi connectivity index (χ1v) is 10.0. The van der Waals surface area contributed by atoms with E-state index in [1.807, 2.05) is 0 Å². The lowest BCUT2D eigenvalue weighted by Crippen LogP contribution is -2.69. The van der Waals surface area contributed by atoms with Crippen molar-refractivity contribution in [2.24, 2.45) is 0 Å². The van der Waals surface area contributed by atoms with E-state index in [0.29, 0.717) is 10.5 Å². The van der Waals surface area contributed by atoms with Gasteiger partial charge in [0, 0.05) is 12.1 Å². The second-order valence-electron chi connectivity index (χ2n) is 7.38. The van der Waals surface area contributed by atoms with Crippen LogP contribution in [0, 0.1) is 5.82 Å². The lowest BCUT2D eigenvalue weighted by molar-refractivity contribution is -0.200. The zero-order chi connectivity index (χ0) is 26.0. The molecule has 0 unspecified atom stereocenters. The number of hydrogen-bond acceptors (Lipinski definition) is 6. The summed E-state index contributed by atoms with van der Waals surface area (Å²) < 4.78 is 70.7. The van der Waals surface area contributed by atoms with E-state index in [4.69, 9.17) is 14.2 Å². The van der Waals surface area contributed by atoms with Gasteiger partial charge in [-0.3, -0.25) is 19.8 Å². The molecule has 9 nitrogen and oxygen atoms in total. The molecule has 2 aromatic carbocycles. The molecule has 2 N–H and O–H groups in total. The number of rotatable bonds is 8. The summed E-state index contributed by atoms with van der Waals surface area (Å²) in [6, 6.07) is 5.86. The average Bonchev–Trinajstić information content (AvgIpc) is 3.07. The summed E-state index contributed by atoms with van der Waals surface area (Å²) in [5.74, 6) is -3.50. The number of carbonyl (C=O) groups is 3. The quantitative estimate of drug-likeness (QED) is 0.428. The van der Waals surface area contributed by atoms with Gasteiger partial charge in [-0.1, -0.05) is 12.1 Å². The molecule has 1 atom stereocenters. The average molecular weight is 499 g/mol. The molecule has 0 bridgehead atoms. The minimum absolute atomic E-state index is 0.0132. The number of ether oxygens (including phenoxy) is 3. The highest BCUT2D eigenvalue weighted by Gasteiger charge is 2.68. The molecule has 0 radical (unpaired) electrons. The van der Waals surface area contributed by atoms with Crippen LogP contribution < -0.4 is 24.8 Å². The van der Waals surface area contributed by atoms with Gasteiger partial charge in [-0.15, -0.1) is 0 Å². The number of alkyl halides is 3. The van der Waals surface area contributed by atoms with Crippen molar-refractivity contribution in [2.45, 2.75) is 18.3 Å². The Labute approximate surface area is 196 Å². The molecular weight excluding hydrogens is 478 g/mol. The molecule has 13 heteroatoms. The molecule has 0 saturated carbocycles. The summed E-state index contributed by atoms with van der Waals surface area (Å²) in [6.07, 6.45) is -5.42. The third-order valence-corrected chi connectivity index (χ3v) is 5.30. The van der Waals surface area contributed by atoms with E-state index in [2.05, 4.69) is 0 Å². The predicted molar refractivity (Wildman–Crippen MR) is 113 cm³/mol. The summed E-state index contributed by atoms with van der Waals surface area (Å²) in [6.45, 7) is -0.436. The summed E-state index contributed by atoms with van der Waals surface area (Å²) in [5.41, 5.74) is -3.57. The van der Waals surface area contributed by atoms with Crippen LogP contribution in [0.2, 0.25) is 0 Å². The molecule has 1 aliphatic heterocycles.